The van der Waals surface area contributed by atoms with E-state index >= 15 is 0 Å². The van der Waals surface area contributed by atoms with Crippen LogP contribution in [-0.4, -0.2) is 31.9 Å². The van der Waals surface area contributed by atoms with Gasteiger partial charge in [0, 0.05) is 26.6 Å². The van der Waals surface area contributed by atoms with Crippen molar-refractivity contribution in [1.29, 1.82) is 0 Å². The van der Waals surface area contributed by atoms with E-state index in [1.807, 2.05) is 30.3 Å². The van der Waals surface area contributed by atoms with Crippen molar-refractivity contribution < 1.29 is 21.6 Å². The molecule has 0 amide bonds. The highest BCUT2D eigenvalue weighted by atomic mass is 35.5. The van der Waals surface area contributed by atoms with Crippen molar-refractivity contribution in [3.63, 3.8) is 0 Å². The number of hydrogen-bond donors (Lipinski definition) is 0. The number of aryl methyl sites for hydroxylation is 1. The summed E-state index contributed by atoms with van der Waals surface area (Å²) in [6.07, 6.45) is 0.958. The number of quaternary nitrogens is 1. The summed E-state index contributed by atoms with van der Waals surface area (Å²) in [5.41, 5.74) is 2.34. The molecule has 0 aliphatic rings. The second kappa shape index (κ2) is 7.55. The fraction of sp³-hybridized carbons (Fsp3) is 0.381. The van der Waals surface area contributed by atoms with E-state index in [1.54, 1.807) is 11.3 Å². The van der Waals surface area contributed by atoms with E-state index in [2.05, 4.69) is 41.9 Å². The summed E-state index contributed by atoms with van der Waals surface area (Å²) in [4.78, 5) is 13.0. The van der Waals surface area contributed by atoms with Crippen LogP contribution < -0.4 is 22.6 Å². The SMILES string of the molecule is CCC(Oc1cc2c(=O)c3ccccc3sc2c(C)c1C)[N+](C)(C)C.[Cl-]. The summed E-state index contributed by atoms with van der Waals surface area (Å²) in [5.74, 6) is 0.824. The number of hydrogen-bond acceptors (Lipinski definition) is 3. The second-order valence-electron chi connectivity index (χ2n) is 7.53. The zero-order valence-electron chi connectivity index (χ0n) is 16.2. The van der Waals surface area contributed by atoms with Crippen molar-refractivity contribution in [3.05, 3.63) is 51.7 Å². The molecule has 0 saturated carbocycles. The minimum Gasteiger partial charge on any atom is -1.00 e. The largest absolute Gasteiger partial charge is 1.00 e. The number of halogens is 1. The normalized spacial score (nSPS) is 12.8. The molecule has 2 aromatic carbocycles. The Morgan fingerprint density at radius 2 is 1.73 bits per heavy atom. The Hall–Kier alpha value is -1.62. The van der Waals surface area contributed by atoms with Gasteiger partial charge in [-0.15, -0.1) is 11.3 Å². The molecule has 1 heterocycles. The van der Waals surface area contributed by atoms with Crippen molar-refractivity contribution in [2.24, 2.45) is 0 Å². The lowest BCUT2D eigenvalue weighted by Crippen LogP contribution is -3.00. The van der Waals surface area contributed by atoms with Gasteiger partial charge in [0.15, 0.2) is 5.43 Å². The van der Waals surface area contributed by atoms with Crippen molar-refractivity contribution in [2.75, 3.05) is 21.1 Å². The highest BCUT2D eigenvalue weighted by molar-refractivity contribution is 7.24. The Balaban J connectivity index is 0.00000243. The second-order valence-corrected chi connectivity index (χ2v) is 8.58. The quantitative estimate of drug-likeness (QED) is 0.385. The summed E-state index contributed by atoms with van der Waals surface area (Å²) in [7, 11) is 6.39. The smallest absolute Gasteiger partial charge is 0.232 e. The standard InChI is InChI=1S/C21H26NO2S.ClH/c1-7-19(22(4,5)6)24-17-12-16-20(23)15-10-8-9-11-18(15)25-21(16)14(3)13(17)2;/h8-12,19H,7H2,1-6H3;1H/q+1;/p-1. The van der Waals surface area contributed by atoms with Gasteiger partial charge in [-0.3, -0.25) is 9.28 Å². The van der Waals surface area contributed by atoms with Gasteiger partial charge in [0.1, 0.15) is 5.75 Å². The van der Waals surface area contributed by atoms with E-state index in [9.17, 15) is 4.79 Å². The summed E-state index contributed by atoms with van der Waals surface area (Å²) < 4.78 is 9.17. The first kappa shape index (κ1) is 20.7. The van der Waals surface area contributed by atoms with Crippen molar-refractivity contribution >= 4 is 31.5 Å². The third-order valence-corrected chi connectivity index (χ3v) is 6.16. The lowest BCUT2D eigenvalue weighted by molar-refractivity contribution is -0.915. The molecule has 0 aliphatic heterocycles. The molecule has 26 heavy (non-hydrogen) atoms. The van der Waals surface area contributed by atoms with Gasteiger partial charge in [-0.1, -0.05) is 19.1 Å². The lowest BCUT2D eigenvalue weighted by atomic mass is 10.0. The molecule has 0 saturated heterocycles. The minimum absolute atomic E-state index is 0. The maximum atomic E-state index is 13.0. The topological polar surface area (TPSA) is 26.3 Å². The molecule has 0 aliphatic carbocycles. The molecular weight excluding hydrogens is 366 g/mol. The molecule has 0 spiro atoms. The lowest BCUT2D eigenvalue weighted by Gasteiger charge is -2.33. The summed E-state index contributed by atoms with van der Waals surface area (Å²) in [6.45, 7) is 6.30. The van der Waals surface area contributed by atoms with Crippen LogP contribution in [0, 0.1) is 13.8 Å². The molecule has 0 bridgehead atoms. The van der Waals surface area contributed by atoms with Crippen LogP contribution in [0.15, 0.2) is 35.1 Å². The van der Waals surface area contributed by atoms with Gasteiger partial charge in [-0.25, -0.2) is 0 Å². The Morgan fingerprint density at radius 3 is 2.35 bits per heavy atom. The number of benzene rings is 2. The van der Waals surface area contributed by atoms with Gasteiger partial charge >= 0.3 is 0 Å². The van der Waals surface area contributed by atoms with Crippen LogP contribution in [-0.2, 0) is 0 Å². The fourth-order valence-electron chi connectivity index (χ4n) is 3.22. The Bertz CT molecular complexity index is 1000. The predicted octanol–water partition coefficient (Wildman–Crippen LogP) is 1.86. The molecule has 0 N–H and O–H groups in total. The van der Waals surface area contributed by atoms with Gasteiger partial charge in [-0.2, -0.15) is 0 Å². The Labute approximate surface area is 165 Å². The van der Waals surface area contributed by atoms with Crippen LogP contribution in [0.4, 0.5) is 0 Å². The maximum absolute atomic E-state index is 13.0. The highest BCUT2D eigenvalue weighted by Crippen LogP contribution is 2.34. The van der Waals surface area contributed by atoms with Crippen LogP contribution in [0.2, 0.25) is 0 Å². The molecule has 140 valence electrons. The average molecular weight is 392 g/mol. The predicted molar refractivity (Wildman–Crippen MR) is 108 cm³/mol. The molecule has 3 nitrogen and oxygen atoms in total. The third kappa shape index (κ3) is 3.59. The maximum Gasteiger partial charge on any atom is 0.232 e. The van der Waals surface area contributed by atoms with Crippen LogP contribution in [0.5, 0.6) is 5.75 Å². The molecule has 3 aromatic rings. The number of fused-ring (bicyclic) bond motifs is 2. The van der Waals surface area contributed by atoms with E-state index in [1.165, 1.54) is 0 Å². The monoisotopic (exact) mass is 391 g/mol. The third-order valence-electron chi connectivity index (χ3n) is 4.86. The van der Waals surface area contributed by atoms with Crippen LogP contribution in [0.1, 0.15) is 24.5 Å². The summed E-state index contributed by atoms with van der Waals surface area (Å²) in [6, 6.07) is 9.78. The Morgan fingerprint density at radius 1 is 1.08 bits per heavy atom. The molecule has 0 fully saturated rings. The fourth-order valence-corrected chi connectivity index (χ4v) is 4.42. The molecule has 0 radical (unpaired) electrons. The van der Waals surface area contributed by atoms with Crippen LogP contribution in [0.3, 0.4) is 0 Å². The van der Waals surface area contributed by atoms with E-state index in [4.69, 9.17) is 4.74 Å². The zero-order valence-corrected chi connectivity index (χ0v) is 17.8. The van der Waals surface area contributed by atoms with Crippen molar-refractivity contribution in [3.8, 4) is 5.75 Å². The summed E-state index contributed by atoms with van der Waals surface area (Å²) >= 11 is 1.69. The molecule has 1 unspecified atom stereocenters. The number of rotatable bonds is 4. The van der Waals surface area contributed by atoms with Gasteiger partial charge in [-0.05, 0) is 43.2 Å². The number of ether oxygens (including phenoxy) is 1. The average Bonchev–Trinajstić information content (AvgIpc) is 2.56. The van der Waals surface area contributed by atoms with Crippen LogP contribution in [0.25, 0.3) is 20.2 Å². The van der Waals surface area contributed by atoms with Crippen LogP contribution >= 0.6 is 11.3 Å². The van der Waals surface area contributed by atoms with Gasteiger partial charge in [0.05, 0.1) is 21.1 Å². The highest BCUT2D eigenvalue weighted by Gasteiger charge is 2.25. The first-order chi connectivity index (χ1) is 11.7. The molecule has 3 rings (SSSR count). The molecule has 1 atom stereocenters. The first-order valence-electron chi connectivity index (χ1n) is 8.67. The van der Waals surface area contributed by atoms with E-state index in [0.29, 0.717) is 0 Å². The van der Waals surface area contributed by atoms with Gasteiger partial charge in [0.25, 0.3) is 0 Å². The Kier molecular flexibility index (Phi) is 6.01. The molecule has 5 heteroatoms. The minimum atomic E-state index is 0. The molecular formula is C21H26ClNO2S. The van der Waals surface area contributed by atoms with Gasteiger partial charge < -0.3 is 17.1 Å². The molecule has 1 aromatic heterocycles. The zero-order chi connectivity index (χ0) is 18.4. The number of nitrogens with zero attached hydrogens (tertiary/aromatic N) is 1. The first-order valence-corrected chi connectivity index (χ1v) is 9.49. The van der Waals surface area contributed by atoms with E-state index in [0.717, 1.165) is 48.0 Å². The van der Waals surface area contributed by atoms with Gasteiger partial charge in [0.2, 0.25) is 6.23 Å². The summed E-state index contributed by atoms with van der Waals surface area (Å²) in [5, 5.41) is 1.55. The van der Waals surface area contributed by atoms with E-state index < -0.39 is 0 Å². The van der Waals surface area contributed by atoms with E-state index in [-0.39, 0.29) is 24.1 Å². The van der Waals surface area contributed by atoms with Crippen molar-refractivity contribution in [2.45, 2.75) is 33.4 Å². The van der Waals surface area contributed by atoms with Crippen molar-refractivity contribution in [1.82, 2.24) is 0 Å².